The van der Waals surface area contributed by atoms with E-state index in [-0.39, 0.29) is 5.56 Å². The number of hydroxylamine groups is 2. The van der Waals surface area contributed by atoms with E-state index in [1.807, 2.05) is 0 Å². The van der Waals surface area contributed by atoms with Gasteiger partial charge in [0, 0.05) is 15.4 Å². The highest BCUT2D eigenvalue weighted by Crippen LogP contribution is 2.37. The van der Waals surface area contributed by atoms with Crippen molar-refractivity contribution in [2.45, 2.75) is 24.5 Å². The first-order valence-corrected chi connectivity index (χ1v) is 12.5. The molecule has 2 aromatic rings. The number of nitrogens with two attached hydrogens (primary N) is 1. The average molecular weight is 561 g/mol. The van der Waals surface area contributed by atoms with Crippen molar-refractivity contribution in [3.05, 3.63) is 55.7 Å². The number of hydrogen-bond donors (Lipinski definition) is 3. The fraction of sp³-hybridized carbons (Fsp3) is 0.263. The minimum atomic E-state index is -4.01. The summed E-state index contributed by atoms with van der Waals surface area (Å²) < 4.78 is 54.8. The van der Waals surface area contributed by atoms with Crippen LogP contribution in [-0.4, -0.2) is 47.5 Å². The minimum absolute atomic E-state index is 0.121. The van der Waals surface area contributed by atoms with Crippen LogP contribution in [0.4, 0.5) is 8.78 Å². The molecule has 0 bridgehead atoms. The van der Waals surface area contributed by atoms with E-state index in [4.69, 9.17) is 5.14 Å². The zero-order valence-electron chi connectivity index (χ0n) is 16.5. The van der Waals surface area contributed by atoms with Crippen LogP contribution in [0.1, 0.15) is 39.8 Å². The summed E-state index contributed by atoms with van der Waals surface area (Å²) in [6.45, 7) is -0.572. The molecule has 174 valence electrons. The first-order valence-electron chi connectivity index (χ1n) is 9.29. The summed E-state index contributed by atoms with van der Waals surface area (Å²) in [5, 5.41) is 17.1. The molecule has 1 atom stereocenters. The van der Waals surface area contributed by atoms with Crippen molar-refractivity contribution in [3.63, 3.8) is 0 Å². The highest BCUT2D eigenvalue weighted by molar-refractivity contribution is 9.10. The quantitative estimate of drug-likeness (QED) is 0.387. The van der Waals surface area contributed by atoms with Crippen LogP contribution in [-0.2, 0) is 15.0 Å². The van der Waals surface area contributed by atoms with Gasteiger partial charge < -0.3 is 4.90 Å². The summed E-state index contributed by atoms with van der Waals surface area (Å²) in [5.74, 6) is 0.731. The lowest BCUT2D eigenvalue weighted by atomic mass is 10.1. The Labute approximate surface area is 199 Å². The first-order chi connectivity index (χ1) is 15.4. The van der Waals surface area contributed by atoms with Crippen molar-refractivity contribution in [2.75, 3.05) is 6.54 Å². The van der Waals surface area contributed by atoms with E-state index in [9.17, 15) is 32.0 Å². The van der Waals surface area contributed by atoms with Gasteiger partial charge in [0.25, 0.3) is 22.0 Å². The minimum Gasteiger partial charge on any atom is -0.302 e. The van der Waals surface area contributed by atoms with Gasteiger partial charge >= 0.3 is 0 Å². The Morgan fingerprint density at radius 2 is 1.94 bits per heavy atom. The molecule has 4 N–H and O–H groups in total. The van der Waals surface area contributed by atoms with Gasteiger partial charge in [-0.2, -0.15) is 18.2 Å². The molecule has 2 amide bonds. The fourth-order valence-electron chi connectivity index (χ4n) is 3.33. The normalized spacial score (nSPS) is 19.4. The van der Waals surface area contributed by atoms with Crippen LogP contribution in [0, 0.1) is 23.5 Å². The summed E-state index contributed by atoms with van der Waals surface area (Å²) in [4.78, 5) is 26.3. The van der Waals surface area contributed by atoms with E-state index in [0.29, 0.717) is 27.3 Å². The molecule has 14 heteroatoms. The molecule has 2 fully saturated rings. The number of nitrogens with one attached hydrogen (secondary N) is 1. The summed E-state index contributed by atoms with van der Waals surface area (Å²) in [5.41, 5.74) is -2.12. The Hall–Kier alpha value is -2.41. The van der Waals surface area contributed by atoms with Gasteiger partial charge in [-0.1, -0.05) is 11.8 Å². The molecule has 1 aliphatic heterocycles. The molecule has 1 aromatic carbocycles. The number of carbonyl (C=O) groups is 2. The van der Waals surface area contributed by atoms with Crippen molar-refractivity contribution in [1.82, 2.24) is 14.7 Å². The lowest BCUT2D eigenvalue weighted by Gasteiger charge is -2.25. The molecule has 2 heterocycles. The van der Waals surface area contributed by atoms with Crippen molar-refractivity contribution in [1.29, 1.82) is 0 Å². The Morgan fingerprint density at radius 3 is 2.45 bits per heavy atom. The van der Waals surface area contributed by atoms with Crippen LogP contribution in [0.3, 0.4) is 0 Å². The Bertz CT molecular complexity index is 1310. The van der Waals surface area contributed by atoms with Crippen molar-refractivity contribution in [3.8, 4) is 11.8 Å². The van der Waals surface area contributed by atoms with Crippen LogP contribution < -0.4 is 9.86 Å². The van der Waals surface area contributed by atoms with E-state index < -0.39 is 57.5 Å². The molecule has 1 aromatic heterocycles. The van der Waals surface area contributed by atoms with E-state index in [2.05, 4.69) is 32.5 Å². The van der Waals surface area contributed by atoms with E-state index in [0.717, 1.165) is 28.4 Å². The Kier molecular flexibility index (Phi) is 6.06. The van der Waals surface area contributed by atoms with Gasteiger partial charge in [-0.25, -0.2) is 13.9 Å². The first kappa shape index (κ1) is 23.7. The fourth-order valence-corrected chi connectivity index (χ4v) is 5.67. The van der Waals surface area contributed by atoms with Crippen LogP contribution in [0.25, 0.3) is 0 Å². The maximum absolute atomic E-state index is 14.8. The lowest BCUT2D eigenvalue weighted by molar-refractivity contribution is -0.168. The predicted octanol–water partition coefficient (Wildman–Crippen LogP) is 1.84. The number of benzene rings is 1. The molecule has 1 unspecified atom stereocenters. The molecular weight excluding hydrogens is 546 g/mol. The number of halogens is 3. The molecule has 0 radical (unpaired) electrons. The van der Waals surface area contributed by atoms with Gasteiger partial charge in [-0.15, -0.1) is 11.3 Å². The summed E-state index contributed by atoms with van der Waals surface area (Å²) in [6.07, 6.45) is -0.462. The SMILES string of the molecule is NS(=O)(=O)NC1(C#Cc2cc(F)c(C(=O)N3CC(=O)N(O)C3c3cc(Br)cs3)c(F)c2)CC1. The van der Waals surface area contributed by atoms with E-state index in [1.165, 1.54) is 0 Å². The third-order valence-electron chi connectivity index (χ3n) is 4.98. The summed E-state index contributed by atoms with van der Waals surface area (Å²) >= 11 is 4.38. The topological polar surface area (TPSA) is 133 Å². The van der Waals surface area contributed by atoms with E-state index >= 15 is 0 Å². The molecule has 2 aliphatic rings. The van der Waals surface area contributed by atoms with Gasteiger partial charge in [-0.3, -0.25) is 14.8 Å². The van der Waals surface area contributed by atoms with Crippen molar-refractivity contribution < 1.29 is 32.0 Å². The molecule has 33 heavy (non-hydrogen) atoms. The molecule has 1 aliphatic carbocycles. The third-order valence-corrected chi connectivity index (χ3v) is 7.39. The number of amides is 2. The third kappa shape index (κ3) is 4.93. The van der Waals surface area contributed by atoms with Gasteiger partial charge in [0.2, 0.25) is 0 Å². The van der Waals surface area contributed by atoms with E-state index in [1.54, 1.807) is 11.4 Å². The zero-order valence-corrected chi connectivity index (χ0v) is 19.7. The zero-order chi connectivity index (χ0) is 24.1. The second-order valence-electron chi connectivity index (χ2n) is 7.51. The Balaban J connectivity index is 1.63. The molecular formula is C19H15BrF2N4O5S2. The number of nitrogens with zero attached hydrogens (tertiary/aromatic N) is 2. The molecule has 1 saturated heterocycles. The van der Waals surface area contributed by atoms with Crippen LogP contribution in [0.5, 0.6) is 0 Å². The maximum Gasteiger partial charge on any atom is 0.275 e. The largest absolute Gasteiger partial charge is 0.302 e. The van der Waals surface area contributed by atoms with Crippen LogP contribution >= 0.6 is 27.3 Å². The maximum atomic E-state index is 14.8. The molecule has 4 rings (SSSR count). The van der Waals surface area contributed by atoms with Crippen LogP contribution in [0.15, 0.2) is 28.1 Å². The average Bonchev–Trinajstić information content (AvgIpc) is 3.20. The van der Waals surface area contributed by atoms with Crippen molar-refractivity contribution in [2.24, 2.45) is 5.14 Å². The Morgan fingerprint density at radius 1 is 1.30 bits per heavy atom. The summed E-state index contributed by atoms with van der Waals surface area (Å²) in [7, 11) is -4.01. The van der Waals surface area contributed by atoms with Gasteiger partial charge in [-0.05, 0) is 47.0 Å². The molecule has 9 nitrogen and oxygen atoms in total. The number of thiophene rings is 1. The van der Waals surface area contributed by atoms with Gasteiger partial charge in [0.15, 0.2) is 6.17 Å². The smallest absolute Gasteiger partial charge is 0.275 e. The number of hydrogen-bond acceptors (Lipinski definition) is 6. The lowest BCUT2D eigenvalue weighted by Crippen LogP contribution is -2.40. The monoisotopic (exact) mass is 560 g/mol. The standard InChI is InChI=1S/C19H15BrF2N4O5S2/c20-11-7-14(32-9-11)17-25(8-15(27)26(17)29)18(28)16-12(21)5-10(6-13(16)22)1-2-19(3-4-19)24-33(23,30)31/h5-7,9,17,24,29H,3-4,8H2,(H2,23,30,31). The van der Waals surface area contributed by atoms with Crippen molar-refractivity contribution >= 4 is 49.3 Å². The predicted molar refractivity (Wildman–Crippen MR) is 116 cm³/mol. The van der Waals surface area contributed by atoms with Gasteiger partial charge in [0.05, 0.1) is 10.4 Å². The summed E-state index contributed by atoms with van der Waals surface area (Å²) in [6, 6.07) is 3.25. The number of carbonyl (C=O) groups excluding carboxylic acids is 2. The second kappa shape index (κ2) is 8.42. The van der Waals surface area contributed by atoms with Gasteiger partial charge in [0.1, 0.15) is 23.7 Å². The second-order valence-corrected chi connectivity index (χ2v) is 10.7. The van der Waals surface area contributed by atoms with Crippen LogP contribution in [0.2, 0.25) is 0 Å². The highest BCUT2D eigenvalue weighted by atomic mass is 79.9. The highest BCUT2D eigenvalue weighted by Gasteiger charge is 2.45. The number of rotatable bonds is 4. The molecule has 0 spiro atoms. The molecule has 1 saturated carbocycles.